The Labute approximate surface area is 88.5 Å². The Morgan fingerprint density at radius 3 is 2.54 bits per heavy atom. The van der Waals surface area contributed by atoms with E-state index in [2.05, 4.69) is 48.7 Å². The molecule has 13 heavy (non-hydrogen) atoms. The van der Waals surface area contributed by atoms with Crippen molar-refractivity contribution in [2.45, 2.75) is 26.2 Å². The molecular formula is C12H13Br. The SMILES string of the molecule is C#CC(C)(C)c1cccc(Br)c1C. The molecule has 0 aliphatic rings. The molecule has 68 valence electrons. The third-order valence-corrected chi connectivity index (χ3v) is 3.16. The van der Waals surface area contributed by atoms with Crippen LogP contribution in [0.3, 0.4) is 0 Å². The number of hydrogen-bond acceptors (Lipinski definition) is 0. The standard InChI is InChI=1S/C12H13Br/c1-5-12(3,4)10-7-6-8-11(13)9(10)2/h1,6-8H,2-4H3. The lowest BCUT2D eigenvalue weighted by molar-refractivity contribution is 0.692. The topological polar surface area (TPSA) is 0 Å². The molecule has 0 atom stereocenters. The lowest BCUT2D eigenvalue weighted by Gasteiger charge is -2.21. The summed E-state index contributed by atoms with van der Waals surface area (Å²) in [5, 5.41) is 0. The monoisotopic (exact) mass is 236 g/mol. The van der Waals surface area contributed by atoms with Crippen molar-refractivity contribution >= 4 is 15.9 Å². The van der Waals surface area contributed by atoms with Gasteiger partial charge in [-0.2, -0.15) is 0 Å². The van der Waals surface area contributed by atoms with Crippen LogP contribution in [0.15, 0.2) is 22.7 Å². The molecular weight excluding hydrogens is 224 g/mol. The quantitative estimate of drug-likeness (QED) is 0.654. The minimum absolute atomic E-state index is 0.187. The predicted molar refractivity (Wildman–Crippen MR) is 60.7 cm³/mol. The van der Waals surface area contributed by atoms with E-state index in [1.165, 1.54) is 11.1 Å². The van der Waals surface area contributed by atoms with Crippen molar-refractivity contribution in [3.05, 3.63) is 33.8 Å². The van der Waals surface area contributed by atoms with E-state index >= 15 is 0 Å². The molecule has 1 aromatic carbocycles. The highest BCUT2D eigenvalue weighted by atomic mass is 79.9. The average molecular weight is 237 g/mol. The van der Waals surface area contributed by atoms with Crippen LogP contribution in [0, 0.1) is 19.3 Å². The van der Waals surface area contributed by atoms with Gasteiger partial charge in [-0.15, -0.1) is 6.42 Å². The Bertz CT molecular complexity index is 356. The maximum Gasteiger partial charge on any atom is 0.0507 e. The second kappa shape index (κ2) is 3.55. The van der Waals surface area contributed by atoms with Gasteiger partial charge < -0.3 is 0 Å². The van der Waals surface area contributed by atoms with E-state index < -0.39 is 0 Å². The lowest BCUT2D eigenvalue weighted by Crippen LogP contribution is -2.15. The van der Waals surface area contributed by atoms with Crippen LogP contribution in [-0.2, 0) is 5.41 Å². The summed E-state index contributed by atoms with van der Waals surface area (Å²) in [7, 11) is 0. The molecule has 0 heterocycles. The highest BCUT2D eigenvalue weighted by Gasteiger charge is 2.19. The van der Waals surface area contributed by atoms with Gasteiger partial charge in [0, 0.05) is 4.47 Å². The van der Waals surface area contributed by atoms with Crippen molar-refractivity contribution in [3.63, 3.8) is 0 Å². The van der Waals surface area contributed by atoms with Gasteiger partial charge in [0.05, 0.1) is 5.41 Å². The van der Waals surface area contributed by atoms with Gasteiger partial charge in [-0.3, -0.25) is 0 Å². The van der Waals surface area contributed by atoms with Crippen LogP contribution in [0.25, 0.3) is 0 Å². The summed E-state index contributed by atoms with van der Waals surface area (Å²) in [4.78, 5) is 0. The van der Waals surface area contributed by atoms with Gasteiger partial charge in [0.1, 0.15) is 0 Å². The minimum Gasteiger partial charge on any atom is -0.119 e. The maximum atomic E-state index is 5.49. The molecule has 0 saturated heterocycles. The third kappa shape index (κ3) is 1.95. The zero-order valence-corrected chi connectivity index (χ0v) is 9.77. The summed E-state index contributed by atoms with van der Waals surface area (Å²) in [5.41, 5.74) is 2.25. The molecule has 0 aliphatic heterocycles. The van der Waals surface area contributed by atoms with Crippen LogP contribution in [0.4, 0.5) is 0 Å². The first kappa shape index (κ1) is 10.3. The molecule has 0 saturated carbocycles. The van der Waals surface area contributed by atoms with E-state index in [1.54, 1.807) is 0 Å². The molecule has 1 aromatic rings. The zero-order valence-electron chi connectivity index (χ0n) is 8.19. The predicted octanol–water partition coefficient (Wildman–Crippen LogP) is 3.67. The molecule has 1 heteroatoms. The van der Waals surface area contributed by atoms with Gasteiger partial charge in [-0.25, -0.2) is 0 Å². The van der Waals surface area contributed by atoms with Crippen molar-refractivity contribution in [1.29, 1.82) is 0 Å². The Hall–Kier alpha value is -0.740. The van der Waals surface area contributed by atoms with Crippen molar-refractivity contribution in [1.82, 2.24) is 0 Å². The maximum absolute atomic E-state index is 5.49. The molecule has 0 N–H and O–H groups in total. The van der Waals surface area contributed by atoms with E-state index in [4.69, 9.17) is 6.42 Å². The number of halogens is 1. The zero-order chi connectivity index (χ0) is 10.1. The van der Waals surface area contributed by atoms with Gasteiger partial charge >= 0.3 is 0 Å². The highest BCUT2D eigenvalue weighted by Crippen LogP contribution is 2.29. The molecule has 0 aliphatic carbocycles. The average Bonchev–Trinajstić information content (AvgIpc) is 2.09. The second-order valence-corrected chi connectivity index (χ2v) is 4.54. The fraction of sp³-hybridized carbons (Fsp3) is 0.333. The Morgan fingerprint density at radius 1 is 1.38 bits per heavy atom. The van der Waals surface area contributed by atoms with Gasteiger partial charge in [-0.05, 0) is 38.0 Å². The lowest BCUT2D eigenvalue weighted by atomic mass is 9.83. The molecule has 0 unspecified atom stereocenters. The molecule has 0 spiro atoms. The highest BCUT2D eigenvalue weighted by molar-refractivity contribution is 9.10. The van der Waals surface area contributed by atoms with Gasteiger partial charge in [0.15, 0.2) is 0 Å². The van der Waals surface area contributed by atoms with Crippen molar-refractivity contribution in [2.24, 2.45) is 0 Å². The normalized spacial score (nSPS) is 11.0. The Morgan fingerprint density at radius 2 is 2.00 bits per heavy atom. The van der Waals surface area contributed by atoms with Crippen molar-refractivity contribution in [3.8, 4) is 12.3 Å². The summed E-state index contributed by atoms with van der Waals surface area (Å²) in [6, 6.07) is 6.14. The molecule has 0 radical (unpaired) electrons. The molecule has 0 fully saturated rings. The first-order valence-corrected chi connectivity index (χ1v) is 5.01. The van der Waals surface area contributed by atoms with Crippen LogP contribution in [0.1, 0.15) is 25.0 Å². The first-order chi connectivity index (χ1) is 5.99. The first-order valence-electron chi connectivity index (χ1n) is 4.22. The number of rotatable bonds is 1. The van der Waals surface area contributed by atoms with E-state index in [0.717, 1.165) is 4.47 Å². The van der Waals surface area contributed by atoms with Crippen LogP contribution in [0.5, 0.6) is 0 Å². The summed E-state index contributed by atoms with van der Waals surface area (Å²) < 4.78 is 1.12. The van der Waals surface area contributed by atoms with Crippen LogP contribution in [-0.4, -0.2) is 0 Å². The smallest absolute Gasteiger partial charge is 0.0507 e. The summed E-state index contributed by atoms with van der Waals surface area (Å²) in [6.07, 6.45) is 5.49. The van der Waals surface area contributed by atoms with Crippen molar-refractivity contribution in [2.75, 3.05) is 0 Å². The van der Waals surface area contributed by atoms with E-state index in [0.29, 0.717) is 0 Å². The summed E-state index contributed by atoms with van der Waals surface area (Å²) in [5.74, 6) is 2.80. The number of hydrogen-bond donors (Lipinski definition) is 0. The number of benzene rings is 1. The second-order valence-electron chi connectivity index (χ2n) is 3.68. The largest absolute Gasteiger partial charge is 0.119 e. The van der Waals surface area contributed by atoms with Crippen LogP contribution >= 0.6 is 15.9 Å². The van der Waals surface area contributed by atoms with Gasteiger partial charge in [-0.1, -0.05) is 34.0 Å². The molecule has 1 rings (SSSR count). The minimum atomic E-state index is -0.187. The fourth-order valence-corrected chi connectivity index (χ4v) is 1.73. The van der Waals surface area contributed by atoms with E-state index in [-0.39, 0.29) is 5.41 Å². The van der Waals surface area contributed by atoms with Crippen LogP contribution in [0.2, 0.25) is 0 Å². The molecule has 0 bridgehead atoms. The van der Waals surface area contributed by atoms with Crippen LogP contribution < -0.4 is 0 Å². The Kier molecular flexibility index (Phi) is 2.83. The molecule has 0 amide bonds. The third-order valence-electron chi connectivity index (χ3n) is 2.30. The number of terminal acetylenes is 1. The summed E-state index contributed by atoms with van der Waals surface area (Å²) in [6.45, 7) is 6.20. The van der Waals surface area contributed by atoms with Crippen molar-refractivity contribution < 1.29 is 0 Å². The van der Waals surface area contributed by atoms with Gasteiger partial charge in [0.2, 0.25) is 0 Å². The summed E-state index contributed by atoms with van der Waals surface area (Å²) >= 11 is 3.50. The van der Waals surface area contributed by atoms with E-state index in [9.17, 15) is 0 Å². The fourth-order valence-electron chi connectivity index (χ4n) is 1.36. The van der Waals surface area contributed by atoms with Gasteiger partial charge in [0.25, 0.3) is 0 Å². The molecule has 0 nitrogen and oxygen atoms in total. The van der Waals surface area contributed by atoms with E-state index in [1.807, 2.05) is 12.1 Å². The molecule has 0 aromatic heterocycles. The Balaban J connectivity index is 3.33.